The minimum atomic E-state index is 0.135. The summed E-state index contributed by atoms with van der Waals surface area (Å²) in [4.78, 5) is 0. The molecule has 1 unspecified atom stereocenters. The normalized spacial score (nSPS) is 17.5. The Hall–Kier alpha value is -1.68. The van der Waals surface area contributed by atoms with Gasteiger partial charge in [0.25, 0.3) is 0 Å². The number of rotatable bonds is 5. The minimum absolute atomic E-state index is 0.135. The summed E-state index contributed by atoms with van der Waals surface area (Å²) in [6.07, 6.45) is 9.71. The molecular formula is C18H25N3O. The van der Waals surface area contributed by atoms with E-state index in [9.17, 15) is 0 Å². The molecule has 0 bridgehead atoms. The molecule has 4 nitrogen and oxygen atoms in total. The van der Waals surface area contributed by atoms with E-state index in [0.717, 1.165) is 17.7 Å². The molecule has 2 aromatic rings. The van der Waals surface area contributed by atoms with E-state index in [1.807, 2.05) is 6.20 Å². The maximum atomic E-state index is 6.45. The molecule has 0 saturated heterocycles. The molecule has 1 fully saturated rings. The third-order valence-corrected chi connectivity index (χ3v) is 4.53. The van der Waals surface area contributed by atoms with Gasteiger partial charge in [-0.25, -0.2) is 0 Å². The second-order valence-electron chi connectivity index (χ2n) is 6.24. The van der Waals surface area contributed by atoms with Crippen LogP contribution in [0.3, 0.4) is 0 Å². The Balaban J connectivity index is 1.87. The standard InChI is InChI=1S/C18H25N3O/c1-3-18(22-14-7-5-4-6-8-14)15-10-9-13(2)11-16(15)17-12-19-21-20-17/h9-12,14,18H,3-8H2,1-2H3,(H,19,20,21). The average Bonchev–Trinajstić information content (AvgIpc) is 3.08. The largest absolute Gasteiger partial charge is 0.370 e. The summed E-state index contributed by atoms with van der Waals surface area (Å²) in [5.41, 5.74) is 4.49. The Morgan fingerprint density at radius 2 is 2.09 bits per heavy atom. The third kappa shape index (κ3) is 3.38. The van der Waals surface area contributed by atoms with Gasteiger partial charge in [-0.15, -0.1) is 5.10 Å². The highest BCUT2D eigenvalue weighted by molar-refractivity contribution is 5.64. The summed E-state index contributed by atoms with van der Waals surface area (Å²) in [7, 11) is 0. The van der Waals surface area contributed by atoms with Crippen molar-refractivity contribution >= 4 is 0 Å². The fourth-order valence-corrected chi connectivity index (χ4v) is 3.33. The second-order valence-corrected chi connectivity index (χ2v) is 6.24. The van der Waals surface area contributed by atoms with Crippen LogP contribution in [0.15, 0.2) is 24.4 Å². The molecular weight excluding hydrogens is 274 g/mol. The summed E-state index contributed by atoms with van der Waals surface area (Å²) in [5.74, 6) is 0. The number of benzene rings is 1. The van der Waals surface area contributed by atoms with Gasteiger partial charge in [0.2, 0.25) is 0 Å². The van der Waals surface area contributed by atoms with Gasteiger partial charge in [-0.05, 0) is 37.8 Å². The molecule has 1 saturated carbocycles. The lowest BCUT2D eigenvalue weighted by atomic mass is 9.94. The number of ether oxygens (including phenoxy) is 1. The Kier molecular flexibility index (Phi) is 4.88. The lowest BCUT2D eigenvalue weighted by Gasteiger charge is -2.28. The number of hydrogen-bond donors (Lipinski definition) is 1. The number of hydrogen-bond acceptors (Lipinski definition) is 3. The first-order valence-corrected chi connectivity index (χ1v) is 8.40. The van der Waals surface area contributed by atoms with E-state index < -0.39 is 0 Å². The summed E-state index contributed by atoms with van der Waals surface area (Å²) in [5, 5.41) is 10.9. The Morgan fingerprint density at radius 1 is 1.27 bits per heavy atom. The smallest absolute Gasteiger partial charge is 0.113 e. The fraction of sp³-hybridized carbons (Fsp3) is 0.556. The summed E-state index contributed by atoms with van der Waals surface area (Å²) in [6, 6.07) is 6.53. The molecule has 0 aliphatic heterocycles. The first-order chi connectivity index (χ1) is 10.8. The number of nitrogens with zero attached hydrogens (tertiary/aromatic N) is 2. The van der Waals surface area contributed by atoms with Gasteiger partial charge in [-0.1, -0.05) is 49.1 Å². The zero-order valence-corrected chi connectivity index (χ0v) is 13.5. The first-order valence-electron chi connectivity index (χ1n) is 8.40. The Morgan fingerprint density at radius 3 is 2.77 bits per heavy atom. The van der Waals surface area contributed by atoms with Gasteiger partial charge in [0, 0.05) is 11.8 Å². The van der Waals surface area contributed by atoms with Crippen LogP contribution in [0.1, 0.15) is 62.7 Å². The maximum Gasteiger partial charge on any atom is 0.113 e. The topological polar surface area (TPSA) is 50.8 Å². The van der Waals surface area contributed by atoms with Crippen molar-refractivity contribution in [1.29, 1.82) is 0 Å². The van der Waals surface area contributed by atoms with Gasteiger partial charge in [0.1, 0.15) is 5.69 Å². The van der Waals surface area contributed by atoms with Gasteiger partial charge >= 0.3 is 0 Å². The highest BCUT2D eigenvalue weighted by Gasteiger charge is 2.22. The predicted molar refractivity (Wildman–Crippen MR) is 87.5 cm³/mol. The molecule has 3 rings (SSSR count). The second kappa shape index (κ2) is 7.05. The summed E-state index contributed by atoms with van der Waals surface area (Å²) >= 11 is 0. The quantitative estimate of drug-likeness (QED) is 0.879. The molecule has 0 radical (unpaired) electrons. The van der Waals surface area contributed by atoms with E-state index in [4.69, 9.17) is 4.74 Å². The van der Waals surface area contributed by atoms with E-state index in [0.29, 0.717) is 6.10 Å². The van der Waals surface area contributed by atoms with Crippen molar-refractivity contribution in [3.63, 3.8) is 0 Å². The monoisotopic (exact) mass is 299 g/mol. The Bertz CT molecular complexity index is 588. The number of aromatic nitrogens is 3. The molecule has 1 atom stereocenters. The summed E-state index contributed by atoms with van der Waals surface area (Å²) in [6.45, 7) is 4.30. The molecule has 1 N–H and O–H groups in total. The lowest BCUT2D eigenvalue weighted by molar-refractivity contribution is -0.0328. The average molecular weight is 299 g/mol. The van der Waals surface area contributed by atoms with Gasteiger partial charge in [0.15, 0.2) is 0 Å². The van der Waals surface area contributed by atoms with Crippen LogP contribution in [0.25, 0.3) is 11.3 Å². The Labute approximate surface area is 132 Å². The van der Waals surface area contributed by atoms with E-state index in [-0.39, 0.29) is 6.10 Å². The third-order valence-electron chi connectivity index (χ3n) is 4.53. The van der Waals surface area contributed by atoms with Crippen LogP contribution in [0.5, 0.6) is 0 Å². The zero-order valence-electron chi connectivity index (χ0n) is 13.5. The lowest BCUT2D eigenvalue weighted by Crippen LogP contribution is -2.20. The molecule has 4 heteroatoms. The number of nitrogens with one attached hydrogen (secondary N) is 1. The number of aromatic amines is 1. The van der Waals surface area contributed by atoms with Crippen LogP contribution < -0.4 is 0 Å². The van der Waals surface area contributed by atoms with Crippen molar-refractivity contribution in [1.82, 2.24) is 15.4 Å². The predicted octanol–water partition coefficient (Wildman–Crippen LogP) is 4.58. The molecule has 0 amide bonds. The minimum Gasteiger partial charge on any atom is -0.370 e. The van der Waals surface area contributed by atoms with Crippen LogP contribution >= 0.6 is 0 Å². The maximum absolute atomic E-state index is 6.45. The van der Waals surface area contributed by atoms with Crippen molar-refractivity contribution in [2.75, 3.05) is 0 Å². The van der Waals surface area contributed by atoms with E-state index in [1.54, 1.807) is 0 Å². The van der Waals surface area contributed by atoms with Gasteiger partial charge < -0.3 is 4.74 Å². The van der Waals surface area contributed by atoms with Gasteiger partial charge in [-0.2, -0.15) is 0 Å². The van der Waals surface area contributed by atoms with Gasteiger partial charge in [0.05, 0.1) is 12.2 Å². The van der Waals surface area contributed by atoms with Crippen LogP contribution in [0.4, 0.5) is 0 Å². The first kappa shape index (κ1) is 15.2. The molecule has 1 aromatic heterocycles. The number of H-pyrrole nitrogens is 1. The molecule has 1 aromatic carbocycles. The van der Waals surface area contributed by atoms with Crippen LogP contribution in [-0.2, 0) is 4.74 Å². The van der Waals surface area contributed by atoms with Crippen molar-refractivity contribution in [2.24, 2.45) is 0 Å². The van der Waals surface area contributed by atoms with Crippen LogP contribution in [-0.4, -0.2) is 21.5 Å². The number of aryl methyl sites for hydroxylation is 1. The highest BCUT2D eigenvalue weighted by Crippen LogP contribution is 2.34. The van der Waals surface area contributed by atoms with Gasteiger partial charge in [-0.3, -0.25) is 5.10 Å². The fourth-order valence-electron chi connectivity index (χ4n) is 3.33. The van der Waals surface area contributed by atoms with Crippen molar-refractivity contribution in [2.45, 2.75) is 64.6 Å². The molecule has 0 spiro atoms. The summed E-state index contributed by atoms with van der Waals surface area (Å²) < 4.78 is 6.45. The highest BCUT2D eigenvalue weighted by atomic mass is 16.5. The molecule has 1 heterocycles. The van der Waals surface area contributed by atoms with E-state index in [2.05, 4.69) is 47.5 Å². The molecule has 22 heavy (non-hydrogen) atoms. The molecule has 1 aliphatic carbocycles. The van der Waals surface area contributed by atoms with Crippen LogP contribution in [0, 0.1) is 6.92 Å². The van der Waals surface area contributed by atoms with Crippen molar-refractivity contribution < 1.29 is 4.74 Å². The van der Waals surface area contributed by atoms with Crippen molar-refractivity contribution in [3.8, 4) is 11.3 Å². The van der Waals surface area contributed by atoms with E-state index in [1.165, 1.54) is 43.2 Å². The molecule has 1 aliphatic rings. The molecule has 118 valence electrons. The SMILES string of the molecule is CCC(OC1CCCCC1)c1ccc(C)cc1-c1c[nH]nn1. The van der Waals surface area contributed by atoms with Crippen LogP contribution in [0.2, 0.25) is 0 Å². The van der Waals surface area contributed by atoms with E-state index >= 15 is 0 Å². The zero-order chi connectivity index (χ0) is 15.4. The van der Waals surface area contributed by atoms with Crippen molar-refractivity contribution in [3.05, 3.63) is 35.5 Å².